The molecule has 0 heterocycles. The van der Waals surface area contributed by atoms with Gasteiger partial charge in [-0.15, -0.1) is 0 Å². The van der Waals surface area contributed by atoms with Gasteiger partial charge in [-0.2, -0.15) is 0 Å². The minimum Gasteiger partial charge on any atom is -0.478 e. The molecule has 0 aliphatic heterocycles. The zero-order valence-corrected chi connectivity index (χ0v) is 9.46. The van der Waals surface area contributed by atoms with Gasteiger partial charge in [0.25, 0.3) is 0 Å². The minimum absolute atomic E-state index is 0.0687. The highest BCUT2D eigenvalue weighted by Crippen LogP contribution is 2.25. The average molecular weight is 312 g/mol. The number of hydrogen-bond donors (Lipinski definition) is 2. The van der Waals surface area contributed by atoms with Gasteiger partial charge in [-0.1, -0.05) is 34.2 Å². The van der Waals surface area contributed by atoms with Crippen LogP contribution in [-0.2, 0) is 4.43 Å². The molecule has 0 bridgehead atoms. The van der Waals surface area contributed by atoms with Crippen LogP contribution in [0.5, 0.6) is 0 Å². The van der Waals surface area contributed by atoms with Crippen molar-refractivity contribution in [3.05, 3.63) is 28.3 Å². The molecular formula is C8H7ClINO2. The number of carboxylic acids is 1. The molecule has 1 aromatic rings. The number of carboxylic acid groups (broad SMARTS) is 1. The second kappa shape index (κ2) is 4.15. The quantitative estimate of drug-likeness (QED) is 0.501. The van der Waals surface area contributed by atoms with Gasteiger partial charge in [0.1, 0.15) is 0 Å². The lowest BCUT2D eigenvalue weighted by Gasteiger charge is -2.06. The lowest BCUT2D eigenvalue weighted by molar-refractivity contribution is 0.0698. The molecule has 0 spiro atoms. The minimum atomic E-state index is -1.05. The Hall–Kier alpha value is -0.490. The summed E-state index contributed by atoms with van der Waals surface area (Å²) in [6.07, 6.45) is 0. The Morgan fingerprint density at radius 1 is 1.62 bits per heavy atom. The van der Waals surface area contributed by atoms with E-state index in [0.717, 1.165) is 5.56 Å². The van der Waals surface area contributed by atoms with Gasteiger partial charge in [0.15, 0.2) is 0 Å². The number of nitrogen functional groups attached to an aromatic ring is 1. The first-order valence-corrected chi connectivity index (χ1v) is 5.33. The van der Waals surface area contributed by atoms with Crippen LogP contribution in [0.1, 0.15) is 15.9 Å². The number of carbonyl (C=O) groups is 1. The Bertz CT molecular complexity index is 354. The zero-order chi connectivity index (χ0) is 10.0. The first kappa shape index (κ1) is 10.6. The van der Waals surface area contributed by atoms with E-state index in [1.165, 1.54) is 6.07 Å². The Labute approximate surface area is 94.0 Å². The largest absolute Gasteiger partial charge is 0.478 e. The highest BCUT2D eigenvalue weighted by Gasteiger charge is 2.12. The fourth-order valence-electron chi connectivity index (χ4n) is 0.962. The third kappa shape index (κ3) is 2.25. The van der Waals surface area contributed by atoms with Crippen molar-refractivity contribution in [3.8, 4) is 0 Å². The lowest BCUT2D eigenvalue weighted by Crippen LogP contribution is -2.04. The molecule has 0 aliphatic rings. The summed E-state index contributed by atoms with van der Waals surface area (Å²) in [7, 11) is 0. The van der Waals surface area contributed by atoms with Crippen LogP contribution in [-0.4, -0.2) is 11.1 Å². The molecule has 0 radical (unpaired) electrons. The molecular weight excluding hydrogens is 304 g/mol. The molecule has 3 N–H and O–H groups in total. The molecule has 0 saturated carbocycles. The summed E-state index contributed by atoms with van der Waals surface area (Å²) < 4.78 is 0.643. The fourth-order valence-corrected chi connectivity index (χ4v) is 1.83. The van der Waals surface area contributed by atoms with E-state index in [4.69, 9.17) is 22.4 Å². The van der Waals surface area contributed by atoms with E-state index in [-0.39, 0.29) is 5.56 Å². The summed E-state index contributed by atoms with van der Waals surface area (Å²) in [6, 6.07) is 3.03. The number of benzene rings is 1. The molecule has 0 fully saturated rings. The molecule has 3 nitrogen and oxygen atoms in total. The summed E-state index contributed by atoms with van der Waals surface area (Å²) in [5.74, 6) is -1.05. The van der Waals surface area contributed by atoms with Crippen LogP contribution in [0.25, 0.3) is 0 Å². The van der Waals surface area contributed by atoms with Gasteiger partial charge in [0, 0.05) is 9.45 Å². The second-order valence-corrected chi connectivity index (χ2v) is 3.66. The predicted octanol–water partition coefficient (Wildman–Crippen LogP) is 2.56. The van der Waals surface area contributed by atoms with E-state index in [2.05, 4.69) is 22.6 Å². The van der Waals surface area contributed by atoms with Gasteiger partial charge in [-0.25, -0.2) is 4.79 Å². The molecule has 70 valence electrons. The Kier molecular flexibility index (Phi) is 3.38. The average Bonchev–Trinajstić information content (AvgIpc) is 2.08. The first-order valence-electron chi connectivity index (χ1n) is 3.43. The van der Waals surface area contributed by atoms with E-state index >= 15 is 0 Å². The van der Waals surface area contributed by atoms with Gasteiger partial charge in [-0.05, 0) is 17.7 Å². The second-order valence-electron chi connectivity index (χ2n) is 2.46. The van der Waals surface area contributed by atoms with Gasteiger partial charge in [0.2, 0.25) is 0 Å². The maximum atomic E-state index is 10.7. The van der Waals surface area contributed by atoms with Crippen LogP contribution in [0.15, 0.2) is 12.1 Å². The highest BCUT2D eigenvalue weighted by atomic mass is 127. The SMILES string of the molecule is Nc1c(CI)cc(Cl)cc1C(=O)O. The van der Waals surface area contributed by atoms with Crippen molar-refractivity contribution in [3.63, 3.8) is 0 Å². The van der Waals surface area contributed by atoms with Crippen LogP contribution >= 0.6 is 34.2 Å². The molecule has 0 atom stereocenters. The maximum Gasteiger partial charge on any atom is 0.337 e. The summed E-state index contributed by atoms with van der Waals surface area (Å²) in [5.41, 5.74) is 6.74. The fraction of sp³-hybridized carbons (Fsp3) is 0.125. The number of anilines is 1. The van der Waals surface area contributed by atoms with E-state index in [1.807, 2.05) is 0 Å². The van der Waals surface area contributed by atoms with E-state index in [1.54, 1.807) is 6.07 Å². The van der Waals surface area contributed by atoms with Crippen molar-refractivity contribution < 1.29 is 9.90 Å². The normalized spacial score (nSPS) is 10.0. The first-order chi connectivity index (χ1) is 6.06. The van der Waals surface area contributed by atoms with Crippen molar-refractivity contribution in [2.24, 2.45) is 0 Å². The molecule has 1 aromatic carbocycles. The number of rotatable bonds is 2. The molecule has 0 aromatic heterocycles. The van der Waals surface area contributed by atoms with Crippen molar-refractivity contribution in [1.29, 1.82) is 0 Å². The predicted molar refractivity (Wildman–Crippen MR) is 60.5 cm³/mol. The van der Waals surface area contributed by atoms with Gasteiger partial charge in [0.05, 0.1) is 11.3 Å². The van der Waals surface area contributed by atoms with E-state index < -0.39 is 5.97 Å². The highest BCUT2D eigenvalue weighted by molar-refractivity contribution is 14.1. The van der Waals surface area contributed by atoms with Crippen molar-refractivity contribution in [1.82, 2.24) is 0 Å². The Morgan fingerprint density at radius 2 is 2.23 bits per heavy atom. The standard InChI is InChI=1S/C8H7ClINO2/c9-5-1-4(3-10)7(11)6(2-5)8(12)13/h1-2H,3,11H2,(H,12,13). The third-order valence-corrected chi connectivity index (χ3v) is 2.64. The number of hydrogen-bond acceptors (Lipinski definition) is 2. The van der Waals surface area contributed by atoms with Crippen LogP contribution in [0, 0.1) is 0 Å². The number of halogens is 2. The molecule has 0 unspecified atom stereocenters. The summed E-state index contributed by atoms with van der Waals surface area (Å²) >= 11 is 7.83. The summed E-state index contributed by atoms with van der Waals surface area (Å²) in [6.45, 7) is 0. The number of nitrogens with two attached hydrogens (primary N) is 1. The maximum absolute atomic E-state index is 10.7. The number of alkyl halides is 1. The molecule has 0 aliphatic carbocycles. The van der Waals surface area contributed by atoms with Gasteiger partial charge in [-0.3, -0.25) is 0 Å². The smallest absolute Gasteiger partial charge is 0.337 e. The number of aromatic carboxylic acids is 1. The van der Waals surface area contributed by atoms with Gasteiger partial charge >= 0.3 is 5.97 Å². The Balaban J connectivity index is 3.35. The third-order valence-electron chi connectivity index (χ3n) is 1.60. The van der Waals surface area contributed by atoms with Crippen LogP contribution in [0.4, 0.5) is 5.69 Å². The zero-order valence-electron chi connectivity index (χ0n) is 6.55. The molecule has 5 heteroatoms. The summed E-state index contributed by atoms with van der Waals surface area (Å²) in [5, 5.41) is 9.17. The van der Waals surface area contributed by atoms with Crippen LogP contribution in [0.3, 0.4) is 0 Å². The molecule has 1 rings (SSSR count). The molecule has 0 saturated heterocycles. The summed E-state index contributed by atoms with van der Waals surface area (Å²) in [4.78, 5) is 10.7. The van der Waals surface area contributed by atoms with Gasteiger partial charge < -0.3 is 10.8 Å². The lowest BCUT2D eigenvalue weighted by atomic mass is 10.1. The van der Waals surface area contributed by atoms with Crippen molar-refractivity contribution >= 4 is 45.8 Å². The van der Waals surface area contributed by atoms with E-state index in [9.17, 15) is 4.79 Å². The Morgan fingerprint density at radius 3 is 2.69 bits per heavy atom. The molecule has 13 heavy (non-hydrogen) atoms. The van der Waals surface area contributed by atoms with Crippen molar-refractivity contribution in [2.45, 2.75) is 4.43 Å². The molecule has 0 amide bonds. The monoisotopic (exact) mass is 311 g/mol. The topological polar surface area (TPSA) is 63.3 Å². The van der Waals surface area contributed by atoms with E-state index in [0.29, 0.717) is 15.1 Å². The van der Waals surface area contributed by atoms with Crippen molar-refractivity contribution in [2.75, 3.05) is 5.73 Å². The van der Waals surface area contributed by atoms with Crippen LogP contribution < -0.4 is 5.73 Å². The van der Waals surface area contributed by atoms with Crippen LogP contribution in [0.2, 0.25) is 5.02 Å².